The van der Waals surface area contributed by atoms with E-state index >= 15 is 0 Å². The van der Waals surface area contributed by atoms with Crippen LogP contribution in [-0.4, -0.2) is 11.8 Å². The fourth-order valence-corrected chi connectivity index (χ4v) is 1.95. The Labute approximate surface area is 119 Å². The molecule has 1 N–H and O–H groups in total. The molecule has 1 aromatic carbocycles. The van der Waals surface area contributed by atoms with Gasteiger partial charge < -0.3 is 5.32 Å². The van der Waals surface area contributed by atoms with Crippen LogP contribution in [-0.2, 0) is 4.79 Å². The summed E-state index contributed by atoms with van der Waals surface area (Å²) in [6, 6.07) is 6.05. The van der Waals surface area contributed by atoms with Gasteiger partial charge in [-0.05, 0) is 23.1 Å². The molecule has 0 saturated heterocycles. The fraction of sp³-hybridized carbons (Fsp3) is 0.533. The Hall–Kier alpha value is -1.09. The fourth-order valence-electron chi connectivity index (χ4n) is 1.81. The molecule has 2 unspecified atom stereocenters. The molecule has 0 spiro atoms. The zero-order valence-electron chi connectivity index (χ0n) is 11.8. The molecule has 0 bridgehead atoms. The van der Waals surface area contributed by atoms with Crippen molar-refractivity contribution in [2.24, 2.45) is 11.3 Å². The Morgan fingerprint density at radius 1 is 1.32 bits per heavy atom. The van der Waals surface area contributed by atoms with Gasteiger partial charge in [0.05, 0.1) is 6.04 Å². The molecule has 0 aliphatic heterocycles. The molecule has 0 aliphatic carbocycles. The van der Waals surface area contributed by atoms with Crippen molar-refractivity contribution in [2.75, 3.05) is 5.88 Å². The first kappa shape index (κ1) is 16.0. The molecule has 2 nitrogen and oxygen atoms in total. The predicted molar refractivity (Wildman–Crippen MR) is 76.6 cm³/mol. The minimum Gasteiger partial charge on any atom is -0.349 e. The number of nitrogens with one attached hydrogen (secondary N) is 1. The van der Waals surface area contributed by atoms with Crippen molar-refractivity contribution in [1.29, 1.82) is 0 Å². The van der Waals surface area contributed by atoms with Crippen LogP contribution < -0.4 is 5.32 Å². The van der Waals surface area contributed by atoms with Gasteiger partial charge in [-0.25, -0.2) is 4.39 Å². The van der Waals surface area contributed by atoms with Gasteiger partial charge in [0.2, 0.25) is 5.91 Å². The summed E-state index contributed by atoms with van der Waals surface area (Å²) in [6.45, 7) is 7.89. The van der Waals surface area contributed by atoms with Crippen molar-refractivity contribution >= 4 is 17.5 Å². The third-order valence-electron chi connectivity index (χ3n) is 3.03. The first-order valence-electron chi connectivity index (χ1n) is 6.37. The van der Waals surface area contributed by atoms with Crippen molar-refractivity contribution in [2.45, 2.75) is 33.7 Å². The van der Waals surface area contributed by atoms with Crippen LogP contribution in [0.2, 0.25) is 0 Å². The molecule has 0 aliphatic rings. The van der Waals surface area contributed by atoms with Crippen molar-refractivity contribution in [3.63, 3.8) is 0 Å². The van der Waals surface area contributed by atoms with Gasteiger partial charge in [-0.2, -0.15) is 0 Å². The topological polar surface area (TPSA) is 29.1 Å². The van der Waals surface area contributed by atoms with Crippen LogP contribution >= 0.6 is 11.6 Å². The second-order valence-corrected chi connectivity index (χ2v) is 6.22. The standard InChI is InChI=1S/C15H21ClFNO/c1-10(9-16)14(19)18-13(15(2,3)4)11-5-7-12(17)8-6-11/h5-8,10,13H,9H2,1-4H3,(H,18,19). The smallest absolute Gasteiger partial charge is 0.224 e. The zero-order chi connectivity index (χ0) is 14.6. The van der Waals surface area contributed by atoms with E-state index in [9.17, 15) is 9.18 Å². The summed E-state index contributed by atoms with van der Waals surface area (Å²) in [5.41, 5.74) is 0.725. The van der Waals surface area contributed by atoms with E-state index in [-0.39, 0.29) is 35.0 Å². The number of carbonyl (C=O) groups excluding carboxylic acids is 1. The minimum absolute atomic E-state index is 0.0840. The van der Waals surface area contributed by atoms with Gasteiger partial charge in [-0.3, -0.25) is 4.79 Å². The molecule has 0 radical (unpaired) electrons. The van der Waals surface area contributed by atoms with Crippen LogP contribution in [0, 0.1) is 17.2 Å². The van der Waals surface area contributed by atoms with E-state index in [1.54, 1.807) is 19.1 Å². The lowest BCUT2D eigenvalue weighted by atomic mass is 9.82. The van der Waals surface area contributed by atoms with E-state index in [0.717, 1.165) is 5.56 Å². The highest BCUT2D eigenvalue weighted by atomic mass is 35.5. The van der Waals surface area contributed by atoms with Crippen LogP contribution in [0.1, 0.15) is 39.3 Å². The maximum Gasteiger partial charge on any atom is 0.224 e. The summed E-state index contributed by atoms with van der Waals surface area (Å²) in [5, 5.41) is 3.00. The number of hydrogen-bond donors (Lipinski definition) is 1. The Morgan fingerprint density at radius 3 is 2.26 bits per heavy atom. The molecular weight excluding hydrogens is 265 g/mol. The summed E-state index contributed by atoms with van der Waals surface area (Å²) in [4.78, 5) is 12.0. The molecule has 1 aromatic rings. The average Bonchev–Trinajstić information content (AvgIpc) is 2.34. The number of alkyl halides is 1. The lowest BCUT2D eigenvalue weighted by molar-refractivity contribution is -0.125. The Balaban J connectivity index is 2.97. The quantitative estimate of drug-likeness (QED) is 0.835. The number of hydrogen-bond acceptors (Lipinski definition) is 1. The summed E-state index contributed by atoms with van der Waals surface area (Å²) in [6.07, 6.45) is 0. The highest BCUT2D eigenvalue weighted by molar-refractivity contribution is 6.19. The number of benzene rings is 1. The lowest BCUT2D eigenvalue weighted by Gasteiger charge is -2.32. The van der Waals surface area contributed by atoms with E-state index in [1.165, 1.54) is 12.1 Å². The maximum absolute atomic E-state index is 13.0. The van der Waals surface area contributed by atoms with Crippen molar-refractivity contribution in [1.82, 2.24) is 5.32 Å². The van der Waals surface area contributed by atoms with Crippen LogP contribution in [0.3, 0.4) is 0 Å². The number of rotatable bonds is 4. The number of halogens is 2. The first-order chi connectivity index (χ1) is 8.75. The predicted octanol–water partition coefficient (Wildman–Crippen LogP) is 3.90. The summed E-state index contributed by atoms with van der Waals surface area (Å²) >= 11 is 5.70. The van der Waals surface area contributed by atoms with Gasteiger partial charge >= 0.3 is 0 Å². The van der Waals surface area contributed by atoms with Crippen molar-refractivity contribution in [3.05, 3.63) is 35.6 Å². The van der Waals surface area contributed by atoms with Gasteiger partial charge in [0.25, 0.3) is 0 Å². The van der Waals surface area contributed by atoms with Crippen molar-refractivity contribution < 1.29 is 9.18 Å². The second-order valence-electron chi connectivity index (χ2n) is 5.91. The third-order valence-corrected chi connectivity index (χ3v) is 3.50. The van der Waals surface area contributed by atoms with E-state index in [4.69, 9.17) is 11.6 Å². The third kappa shape index (κ3) is 4.50. The molecule has 1 rings (SSSR count). The van der Waals surface area contributed by atoms with Gasteiger partial charge in [0, 0.05) is 11.8 Å². The van der Waals surface area contributed by atoms with Crippen LogP contribution in [0.25, 0.3) is 0 Å². The summed E-state index contributed by atoms with van der Waals surface area (Å²) in [7, 11) is 0. The largest absolute Gasteiger partial charge is 0.349 e. The van der Waals surface area contributed by atoms with E-state index < -0.39 is 0 Å². The molecule has 0 saturated carbocycles. The molecule has 106 valence electrons. The highest BCUT2D eigenvalue weighted by Crippen LogP contribution is 2.33. The molecular formula is C15H21ClFNO. The van der Waals surface area contributed by atoms with E-state index in [1.807, 2.05) is 20.8 Å². The molecule has 0 aromatic heterocycles. The van der Waals surface area contributed by atoms with Crippen LogP contribution in [0.4, 0.5) is 4.39 Å². The SMILES string of the molecule is CC(CCl)C(=O)NC(c1ccc(F)cc1)C(C)(C)C. The highest BCUT2D eigenvalue weighted by Gasteiger charge is 2.29. The summed E-state index contributed by atoms with van der Waals surface area (Å²) in [5.74, 6) is -0.324. The average molecular weight is 286 g/mol. The summed E-state index contributed by atoms with van der Waals surface area (Å²) < 4.78 is 13.0. The molecule has 0 heterocycles. The molecule has 1 amide bonds. The lowest BCUT2D eigenvalue weighted by Crippen LogP contribution is -2.39. The van der Waals surface area contributed by atoms with E-state index in [0.29, 0.717) is 0 Å². The zero-order valence-corrected chi connectivity index (χ0v) is 12.6. The Morgan fingerprint density at radius 2 is 1.84 bits per heavy atom. The van der Waals surface area contributed by atoms with Crippen LogP contribution in [0.5, 0.6) is 0 Å². The molecule has 4 heteroatoms. The van der Waals surface area contributed by atoms with Crippen molar-refractivity contribution in [3.8, 4) is 0 Å². The monoisotopic (exact) mass is 285 g/mol. The number of amides is 1. The van der Waals surface area contributed by atoms with E-state index in [2.05, 4.69) is 5.32 Å². The minimum atomic E-state index is -0.281. The second kappa shape index (κ2) is 6.38. The normalized spacial score (nSPS) is 14.8. The Bertz CT molecular complexity index is 425. The van der Waals surface area contributed by atoms with Gasteiger partial charge in [-0.15, -0.1) is 11.6 Å². The van der Waals surface area contributed by atoms with Crippen LogP contribution in [0.15, 0.2) is 24.3 Å². The molecule has 2 atom stereocenters. The molecule has 0 fully saturated rings. The molecule has 19 heavy (non-hydrogen) atoms. The van der Waals surface area contributed by atoms with Gasteiger partial charge in [0.15, 0.2) is 0 Å². The van der Waals surface area contributed by atoms with Gasteiger partial charge in [-0.1, -0.05) is 39.8 Å². The van der Waals surface area contributed by atoms with Gasteiger partial charge in [0.1, 0.15) is 5.82 Å². The Kier molecular flexibility index (Phi) is 5.36. The number of carbonyl (C=O) groups is 1. The first-order valence-corrected chi connectivity index (χ1v) is 6.91. The maximum atomic E-state index is 13.0.